The SMILES string of the molecule is COc1ccc(F)cc1C(C)NC(C)c1scnc1C. The number of aryl methyl sites for hydroxylation is 1. The van der Waals surface area contributed by atoms with Crippen LogP contribution in [-0.2, 0) is 0 Å². The summed E-state index contributed by atoms with van der Waals surface area (Å²) in [6.07, 6.45) is 0. The standard InChI is InChI=1S/C15H19FN2OS/c1-9(13-7-12(16)5-6-14(13)19-4)18-11(3)15-10(2)17-8-20-15/h5-9,11,18H,1-4H3. The van der Waals surface area contributed by atoms with E-state index in [0.717, 1.165) is 11.3 Å². The zero-order valence-corrected chi connectivity index (χ0v) is 12.9. The zero-order chi connectivity index (χ0) is 14.7. The van der Waals surface area contributed by atoms with Crippen LogP contribution in [0.5, 0.6) is 5.75 Å². The molecular weight excluding hydrogens is 275 g/mol. The summed E-state index contributed by atoms with van der Waals surface area (Å²) in [5.74, 6) is 0.440. The predicted molar refractivity (Wildman–Crippen MR) is 79.8 cm³/mol. The molecule has 1 aromatic heterocycles. The van der Waals surface area contributed by atoms with Crippen LogP contribution < -0.4 is 10.1 Å². The van der Waals surface area contributed by atoms with Crippen LogP contribution in [0.15, 0.2) is 23.7 Å². The summed E-state index contributed by atoms with van der Waals surface area (Å²) < 4.78 is 18.7. The van der Waals surface area contributed by atoms with Crippen LogP contribution in [-0.4, -0.2) is 12.1 Å². The molecule has 2 atom stereocenters. The summed E-state index contributed by atoms with van der Waals surface area (Å²) in [5.41, 5.74) is 3.70. The maximum absolute atomic E-state index is 13.4. The number of methoxy groups -OCH3 is 1. The van der Waals surface area contributed by atoms with E-state index in [9.17, 15) is 4.39 Å². The molecule has 0 bridgehead atoms. The maximum atomic E-state index is 13.4. The first kappa shape index (κ1) is 14.9. The van der Waals surface area contributed by atoms with Crippen molar-refractivity contribution in [3.63, 3.8) is 0 Å². The van der Waals surface area contributed by atoms with E-state index in [1.165, 1.54) is 17.0 Å². The third-order valence-electron chi connectivity index (χ3n) is 3.33. The van der Waals surface area contributed by atoms with Gasteiger partial charge >= 0.3 is 0 Å². The molecule has 20 heavy (non-hydrogen) atoms. The molecule has 2 unspecified atom stereocenters. The summed E-state index contributed by atoms with van der Waals surface area (Å²) in [4.78, 5) is 5.46. The first-order chi connectivity index (χ1) is 9.52. The highest BCUT2D eigenvalue weighted by Crippen LogP contribution is 2.29. The number of halogens is 1. The van der Waals surface area contributed by atoms with Gasteiger partial charge < -0.3 is 10.1 Å². The van der Waals surface area contributed by atoms with E-state index in [4.69, 9.17) is 4.74 Å². The van der Waals surface area contributed by atoms with Gasteiger partial charge in [-0.2, -0.15) is 0 Å². The van der Waals surface area contributed by atoms with Gasteiger partial charge in [-0.15, -0.1) is 11.3 Å². The fourth-order valence-electron chi connectivity index (χ4n) is 2.31. The zero-order valence-electron chi connectivity index (χ0n) is 12.1. The van der Waals surface area contributed by atoms with Gasteiger partial charge in [0.1, 0.15) is 11.6 Å². The second-order valence-corrected chi connectivity index (χ2v) is 5.68. The average Bonchev–Trinajstić information content (AvgIpc) is 2.85. The largest absolute Gasteiger partial charge is 0.496 e. The number of rotatable bonds is 5. The molecule has 0 saturated heterocycles. The third kappa shape index (κ3) is 3.16. The summed E-state index contributed by atoms with van der Waals surface area (Å²) in [5, 5.41) is 3.47. The number of nitrogens with zero attached hydrogens (tertiary/aromatic N) is 1. The van der Waals surface area contributed by atoms with Crippen LogP contribution >= 0.6 is 11.3 Å². The Balaban J connectivity index is 2.18. The molecule has 3 nitrogen and oxygen atoms in total. The van der Waals surface area contributed by atoms with E-state index < -0.39 is 0 Å². The fourth-order valence-corrected chi connectivity index (χ4v) is 3.13. The molecule has 2 aromatic rings. The fraction of sp³-hybridized carbons (Fsp3) is 0.400. The van der Waals surface area contributed by atoms with Crippen LogP contribution in [0.4, 0.5) is 4.39 Å². The monoisotopic (exact) mass is 294 g/mol. The Bertz CT molecular complexity index is 585. The van der Waals surface area contributed by atoms with Crippen molar-refractivity contribution in [2.45, 2.75) is 32.9 Å². The summed E-state index contributed by atoms with van der Waals surface area (Å²) in [7, 11) is 1.60. The van der Waals surface area contributed by atoms with E-state index in [1.807, 2.05) is 19.4 Å². The highest BCUT2D eigenvalue weighted by atomic mass is 32.1. The van der Waals surface area contributed by atoms with Crippen LogP contribution in [0.2, 0.25) is 0 Å². The Morgan fingerprint density at radius 3 is 2.65 bits per heavy atom. The summed E-state index contributed by atoms with van der Waals surface area (Å²) >= 11 is 1.63. The van der Waals surface area contributed by atoms with E-state index in [1.54, 1.807) is 24.5 Å². The molecule has 1 N–H and O–H groups in total. The van der Waals surface area contributed by atoms with Crippen molar-refractivity contribution >= 4 is 11.3 Å². The first-order valence-corrected chi connectivity index (χ1v) is 7.40. The number of thiazole rings is 1. The van der Waals surface area contributed by atoms with Gasteiger partial charge in [0.2, 0.25) is 0 Å². The minimum absolute atomic E-state index is 0.0165. The highest BCUT2D eigenvalue weighted by Gasteiger charge is 2.17. The van der Waals surface area contributed by atoms with Crippen molar-refractivity contribution in [2.75, 3.05) is 7.11 Å². The second kappa shape index (κ2) is 6.33. The van der Waals surface area contributed by atoms with Crippen molar-refractivity contribution < 1.29 is 9.13 Å². The molecule has 2 rings (SSSR count). The lowest BCUT2D eigenvalue weighted by atomic mass is 10.1. The van der Waals surface area contributed by atoms with Gasteiger partial charge in [0.05, 0.1) is 18.3 Å². The molecule has 0 amide bonds. The van der Waals surface area contributed by atoms with Crippen molar-refractivity contribution in [3.05, 3.63) is 45.7 Å². The first-order valence-electron chi connectivity index (χ1n) is 6.52. The van der Waals surface area contributed by atoms with E-state index in [0.29, 0.717) is 5.75 Å². The Morgan fingerprint density at radius 2 is 2.05 bits per heavy atom. The van der Waals surface area contributed by atoms with E-state index >= 15 is 0 Å². The molecule has 1 aromatic carbocycles. The Morgan fingerprint density at radius 1 is 1.30 bits per heavy atom. The third-order valence-corrected chi connectivity index (χ3v) is 4.45. The highest BCUT2D eigenvalue weighted by molar-refractivity contribution is 7.09. The van der Waals surface area contributed by atoms with Gasteiger partial charge in [-0.25, -0.2) is 9.37 Å². The summed E-state index contributed by atoms with van der Waals surface area (Å²) in [6, 6.07) is 4.72. The lowest BCUT2D eigenvalue weighted by Crippen LogP contribution is -2.23. The number of ether oxygens (including phenoxy) is 1. The quantitative estimate of drug-likeness (QED) is 0.904. The molecule has 0 spiro atoms. The van der Waals surface area contributed by atoms with Crippen molar-refractivity contribution in [1.29, 1.82) is 0 Å². The average molecular weight is 294 g/mol. The lowest BCUT2D eigenvalue weighted by molar-refractivity contribution is 0.395. The smallest absolute Gasteiger partial charge is 0.123 e. The Labute approximate surface area is 122 Å². The number of nitrogens with one attached hydrogen (secondary N) is 1. The topological polar surface area (TPSA) is 34.1 Å². The van der Waals surface area contributed by atoms with Gasteiger partial charge in [0.15, 0.2) is 0 Å². The minimum Gasteiger partial charge on any atom is -0.496 e. The van der Waals surface area contributed by atoms with Gasteiger partial charge in [-0.05, 0) is 39.0 Å². The van der Waals surface area contributed by atoms with Crippen molar-refractivity contribution in [2.24, 2.45) is 0 Å². The maximum Gasteiger partial charge on any atom is 0.123 e. The molecule has 0 radical (unpaired) electrons. The van der Waals surface area contributed by atoms with Crippen LogP contribution in [0.1, 0.15) is 42.1 Å². The van der Waals surface area contributed by atoms with Crippen LogP contribution in [0.25, 0.3) is 0 Å². The summed E-state index contributed by atoms with van der Waals surface area (Å²) in [6.45, 7) is 6.09. The van der Waals surface area contributed by atoms with Gasteiger partial charge in [0, 0.05) is 22.5 Å². The van der Waals surface area contributed by atoms with E-state index in [-0.39, 0.29) is 17.9 Å². The van der Waals surface area contributed by atoms with Gasteiger partial charge in [0.25, 0.3) is 0 Å². The molecule has 0 aliphatic heterocycles. The van der Waals surface area contributed by atoms with Crippen LogP contribution in [0, 0.1) is 12.7 Å². The van der Waals surface area contributed by atoms with Crippen molar-refractivity contribution in [1.82, 2.24) is 10.3 Å². The van der Waals surface area contributed by atoms with Crippen molar-refractivity contribution in [3.8, 4) is 5.75 Å². The number of aromatic nitrogens is 1. The molecule has 0 fully saturated rings. The molecule has 1 heterocycles. The van der Waals surface area contributed by atoms with Gasteiger partial charge in [-0.3, -0.25) is 0 Å². The molecule has 108 valence electrons. The van der Waals surface area contributed by atoms with E-state index in [2.05, 4.69) is 17.2 Å². The lowest BCUT2D eigenvalue weighted by Gasteiger charge is -2.21. The molecular formula is C15H19FN2OS. The van der Waals surface area contributed by atoms with Gasteiger partial charge in [-0.1, -0.05) is 0 Å². The number of hydrogen-bond acceptors (Lipinski definition) is 4. The number of hydrogen-bond donors (Lipinski definition) is 1. The molecule has 0 aliphatic rings. The van der Waals surface area contributed by atoms with Crippen LogP contribution in [0.3, 0.4) is 0 Å². The second-order valence-electron chi connectivity index (χ2n) is 4.80. The Hall–Kier alpha value is -1.46. The Kier molecular flexibility index (Phi) is 4.73. The minimum atomic E-state index is -0.254. The molecule has 5 heteroatoms. The molecule has 0 aliphatic carbocycles. The normalized spacial score (nSPS) is 14.1. The number of benzene rings is 1. The molecule has 0 saturated carbocycles. The predicted octanol–water partition coefficient (Wildman–Crippen LogP) is 4.01.